The first-order valence-corrected chi connectivity index (χ1v) is 10.0. The van der Waals surface area contributed by atoms with Crippen molar-refractivity contribution in [3.05, 3.63) is 0 Å². The van der Waals surface area contributed by atoms with Gasteiger partial charge in [-0.1, -0.05) is 0 Å². The third kappa shape index (κ3) is 5.96. The van der Waals surface area contributed by atoms with E-state index in [9.17, 15) is 33.8 Å². The maximum atomic E-state index is 14.2. The highest BCUT2D eigenvalue weighted by Crippen LogP contribution is 2.28. The van der Waals surface area contributed by atoms with Crippen LogP contribution < -0.4 is 0 Å². The van der Waals surface area contributed by atoms with Gasteiger partial charge in [-0.3, -0.25) is 14.6 Å². The fraction of sp³-hybridized carbons (Fsp3) is 0.789. The van der Waals surface area contributed by atoms with Crippen LogP contribution in [-0.2, 0) is 19.1 Å². The van der Waals surface area contributed by atoms with Crippen LogP contribution in [0.1, 0.15) is 33.6 Å². The van der Waals surface area contributed by atoms with Crippen LogP contribution in [0.4, 0.5) is 14.0 Å². The number of hydrogen-bond acceptors (Lipinski definition) is 6. The molecule has 2 heterocycles. The number of rotatable bonds is 6. The van der Waals surface area contributed by atoms with Crippen LogP contribution in [0.15, 0.2) is 0 Å². The maximum absolute atomic E-state index is 14.2. The van der Waals surface area contributed by atoms with Crippen molar-refractivity contribution in [2.24, 2.45) is 0 Å². The van der Waals surface area contributed by atoms with E-state index in [0.29, 0.717) is 0 Å². The Kier molecular flexibility index (Phi) is 7.68. The topological polar surface area (TPSA) is 137 Å². The first-order valence-electron chi connectivity index (χ1n) is 10.0. The fourth-order valence-electron chi connectivity index (χ4n) is 3.88. The second-order valence-electron chi connectivity index (χ2n) is 8.68. The second kappa shape index (κ2) is 9.67. The summed E-state index contributed by atoms with van der Waals surface area (Å²) in [7, 11) is 1.42. The Morgan fingerprint density at radius 3 is 2.19 bits per heavy atom. The highest BCUT2D eigenvalue weighted by atomic mass is 19.1. The molecule has 12 heteroatoms. The lowest BCUT2D eigenvalue weighted by atomic mass is 10.1. The van der Waals surface area contributed by atoms with Crippen LogP contribution in [0, 0.1) is 0 Å². The highest BCUT2D eigenvalue weighted by Gasteiger charge is 2.48. The van der Waals surface area contributed by atoms with Gasteiger partial charge < -0.3 is 24.6 Å². The SMILES string of the molecule is COCCN(C(=O)[C@@H]1C[C@H](F)CN1C(=O)OC(C)(C)C)[C@@H]1C[C@H](C(=O)O)N(C(=O)O)C1. The van der Waals surface area contributed by atoms with Crippen molar-refractivity contribution in [2.45, 2.75) is 63.5 Å². The number of aliphatic carboxylic acids is 1. The molecule has 0 spiro atoms. The average molecular weight is 447 g/mol. The van der Waals surface area contributed by atoms with Gasteiger partial charge in [-0.2, -0.15) is 0 Å². The lowest BCUT2D eigenvalue weighted by Gasteiger charge is -2.34. The molecule has 0 radical (unpaired) electrons. The van der Waals surface area contributed by atoms with Gasteiger partial charge >= 0.3 is 18.2 Å². The van der Waals surface area contributed by atoms with Crippen LogP contribution in [0.25, 0.3) is 0 Å². The number of nitrogens with zero attached hydrogens (tertiary/aromatic N) is 3. The number of methoxy groups -OCH3 is 1. The average Bonchev–Trinajstić information content (AvgIpc) is 3.25. The first kappa shape index (κ1) is 24.6. The number of hydrogen-bond donors (Lipinski definition) is 2. The van der Waals surface area contributed by atoms with Crippen molar-refractivity contribution in [3.8, 4) is 0 Å². The first-order chi connectivity index (χ1) is 14.4. The van der Waals surface area contributed by atoms with Gasteiger partial charge in [0.2, 0.25) is 5.91 Å². The molecule has 31 heavy (non-hydrogen) atoms. The van der Waals surface area contributed by atoms with Crippen molar-refractivity contribution < 1.29 is 43.3 Å². The van der Waals surface area contributed by atoms with Gasteiger partial charge in [0.1, 0.15) is 23.9 Å². The van der Waals surface area contributed by atoms with Crippen LogP contribution in [0.5, 0.6) is 0 Å². The van der Waals surface area contributed by atoms with E-state index in [-0.39, 0.29) is 39.1 Å². The molecule has 0 saturated carbocycles. The third-order valence-corrected chi connectivity index (χ3v) is 5.23. The molecule has 0 aromatic heterocycles. The van der Waals surface area contributed by atoms with Crippen molar-refractivity contribution in [3.63, 3.8) is 0 Å². The van der Waals surface area contributed by atoms with Gasteiger partial charge in [0, 0.05) is 33.0 Å². The number of carbonyl (C=O) groups excluding carboxylic acids is 2. The van der Waals surface area contributed by atoms with Crippen molar-refractivity contribution in [1.82, 2.24) is 14.7 Å². The summed E-state index contributed by atoms with van der Waals surface area (Å²) < 4.78 is 24.5. The zero-order valence-corrected chi connectivity index (χ0v) is 18.1. The number of carboxylic acids is 1. The monoisotopic (exact) mass is 447 g/mol. The fourth-order valence-corrected chi connectivity index (χ4v) is 3.88. The molecule has 3 amide bonds. The van der Waals surface area contributed by atoms with E-state index in [1.54, 1.807) is 20.8 Å². The number of ether oxygens (including phenoxy) is 2. The molecule has 4 atom stereocenters. The van der Waals surface area contributed by atoms with Gasteiger partial charge in [0.15, 0.2) is 0 Å². The molecule has 0 unspecified atom stereocenters. The molecule has 2 saturated heterocycles. The molecule has 2 fully saturated rings. The largest absolute Gasteiger partial charge is 0.480 e. The van der Waals surface area contributed by atoms with Crippen LogP contribution in [0.2, 0.25) is 0 Å². The Labute approximate surface area is 179 Å². The van der Waals surface area contributed by atoms with E-state index in [4.69, 9.17) is 9.47 Å². The third-order valence-electron chi connectivity index (χ3n) is 5.23. The van der Waals surface area contributed by atoms with Crippen molar-refractivity contribution >= 4 is 24.1 Å². The predicted molar refractivity (Wildman–Crippen MR) is 104 cm³/mol. The summed E-state index contributed by atoms with van der Waals surface area (Å²) in [5.41, 5.74) is -0.836. The van der Waals surface area contributed by atoms with E-state index in [1.807, 2.05) is 0 Å². The minimum absolute atomic E-state index is 0.0371. The van der Waals surface area contributed by atoms with E-state index in [0.717, 1.165) is 9.80 Å². The highest BCUT2D eigenvalue weighted by molar-refractivity contribution is 5.87. The Bertz CT molecular complexity index is 691. The van der Waals surface area contributed by atoms with E-state index in [2.05, 4.69) is 0 Å². The molecule has 0 bridgehead atoms. The van der Waals surface area contributed by atoms with Crippen molar-refractivity contribution in [1.29, 1.82) is 0 Å². The number of likely N-dealkylation sites (tertiary alicyclic amines) is 2. The molecule has 0 aromatic carbocycles. The van der Waals surface area contributed by atoms with Crippen LogP contribution in [0.3, 0.4) is 0 Å². The molecule has 2 N–H and O–H groups in total. The minimum Gasteiger partial charge on any atom is -0.480 e. The summed E-state index contributed by atoms with van der Waals surface area (Å²) in [4.78, 5) is 51.9. The van der Waals surface area contributed by atoms with E-state index < -0.39 is 54.0 Å². The lowest BCUT2D eigenvalue weighted by Crippen LogP contribution is -2.53. The Balaban J connectivity index is 2.26. The molecule has 2 aliphatic heterocycles. The number of carbonyl (C=O) groups is 4. The molecule has 2 aliphatic rings. The summed E-state index contributed by atoms with van der Waals surface area (Å²) in [6.07, 6.45) is -3.99. The zero-order chi connectivity index (χ0) is 23.5. The quantitative estimate of drug-likeness (QED) is 0.616. The molecule has 176 valence electrons. The molecule has 0 aromatic rings. The normalized spacial score (nSPS) is 26.1. The predicted octanol–water partition coefficient (Wildman–Crippen LogP) is 1.01. The molecule has 0 aliphatic carbocycles. The molecular weight excluding hydrogens is 417 g/mol. The number of amides is 3. The molecule has 2 rings (SSSR count). The Morgan fingerprint density at radius 1 is 1.06 bits per heavy atom. The Hall–Kier alpha value is -2.63. The van der Waals surface area contributed by atoms with E-state index >= 15 is 0 Å². The lowest BCUT2D eigenvalue weighted by molar-refractivity contribution is -0.142. The van der Waals surface area contributed by atoms with Crippen LogP contribution >= 0.6 is 0 Å². The van der Waals surface area contributed by atoms with Gasteiger partial charge in [-0.15, -0.1) is 0 Å². The standard InChI is InChI=1S/C19H30FN3O8/c1-19(2,3)31-18(29)23-9-11(20)7-13(23)15(24)21(5-6-30-4)12-8-14(16(25)26)22(10-12)17(27)28/h11-14H,5-10H2,1-4H3,(H,25,26)(H,27,28)/t11-,12+,13-,14+/m0/s1. The summed E-state index contributed by atoms with van der Waals surface area (Å²) in [5, 5.41) is 18.7. The smallest absolute Gasteiger partial charge is 0.411 e. The second-order valence-corrected chi connectivity index (χ2v) is 8.68. The van der Waals surface area contributed by atoms with E-state index in [1.165, 1.54) is 12.0 Å². The van der Waals surface area contributed by atoms with Gasteiger partial charge in [-0.05, 0) is 20.8 Å². The molecule has 11 nitrogen and oxygen atoms in total. The number of halogens is 1. The minimum atomic E-state index is -1.42. The number of carboxylic acid groups (broad SMARTS) is 2. The van der Waals surface area contributed by atoms with Gasteiger partial charge in [0.05, 0.1) is 19.2 Å². The van der Waals surface area contributed by atoms with Crippen molar-refractivity contribution in [2.75, 3.05) is 33.4 Å². The Morgan fingerprint density at radius 2 is 1.71 bits per heavy atom. The van der Waals surface area contributed by atoms with Crippen LogP contribution in [-0.4, -0.2) is 112 Å². The summed E-state index contributed by atoms with van der Waals surface area (Å²) >= 11 is 0. The van der Waals surface area contributed by atoms with Gasteiger partial charge in [-0.25, -0.2) is 18.8 Å². The zero-order valence-electron chi connectivity index (χ0n) is 18.1. The maximum Gasteiger partial charge on any atom is 0.411 e. The molecular formula is C19H30FN3O8. The summed E-state index contributed by atoms with van der Waals surface area (Å²) in [6, 6.07) is -3.19. The summed E-state index contributed by atoms with van der Waals surface area (Å²) in [5.74, 6) is -1.91. The summed E-state index contributed by atoms with van der Waals surface area (Å²) in [6.45, 7) is 4.59. The number of alkyl halides is 1. The van der Waals surface area contributed by atoms with Gasteiger partial charge in [0.25, 0.3) is 0 Å².